The van der Waals surface area contributed by atoms with E-state index in [-0.39, 0.29) is 61.2 Å². The van der Waals surface area contributed by atoms with Crippen molar-refractivity contribution in [2.45, 2.75) is 116 Å². The van der Waals surface area contributed by atoms with E-state index in [1.54, 1.807) is 0 Å². The fourth-order valence-corrected chi connectivity index (χ4v) is 3.07. The molecule has 0 rings (SSSR count). The van der Waals surface area contributed by atoms with Crippen molar-refractivity contribution in [1.82, 2.24) is 0 Å². The number of carbonyl (C=O) groups is 3. The Morgan fingerprint density at radius 1 is 0.700 bits per heavy atom. The zero-order valence-electron chi connectivity index (χ0n) is 19.4. The van der Waals surface area contributed by atoms with E-state index in [0.29, 0.717) is 6.42 Å². The molecule has 0 saturated heterocycles. The molecule has 0 atom stereocenters. The van der Waals surface area contributed by atoms with Gasteiger partial charge in [0, 0.05) is 18.8 Å². The van der Waals surface area contributed by atoms with E-state index in [4.69, 9.17) is 4.74 Å². The monoisotopic (exact) mass is 432 g/mol. The van der Waals surface area contributed by atoms with Gasteiger partial charge in [-0.2, -0.15) is 0 Å². The first-order valence-electron chi connectivity index (χ1n) is 11.6. The molecule has 0 bridgehead atoms. The molecule has 168 valence electrons. The largest absolute Gasteiger partial charge is 1.00 e. The molecule has 0 heterocycles. The summed E-state index contributed by atoms with van der Waals surface area (Å²) in [4.78, 5) is 33.2. The molecule has 6 heteroatoms. The number of hydrogen-bond donors (Lipinski definition) is 0. The van der Waals surface area contributed by atoms with Crippen LogP contribution in [0.3, 0.4) is 0 Å². The number of carboxylic acid groups (broad SMARTS) is 1. The van der Waals surface area contributed by atoms with Crippen LogP contribution in [0.5, 0.6) is 0 Å². The van der Waals surface area contributed by atoms with Gasteiger partial charge in [0.1, 0.15) is 5.78 Å². The van der Waals surface area contributed by atoms with E-state index in [9.17, 15) is 19.5 Å². The maximum Gasteiger partial charge on any atom is 1.00 e. The Morgan fingerprint density at radius 3 is 1.80 bits per heavy atom. The molecule has 0 radical (unpaired) electrons. The van der Waals surface area contributed by atoms with Crippen molar-refractivity contribution < 1.29 is 53.8 Å². The van der Waals surface area contributed by atoms with Crippen LogP contribution < -0.4 is 34.7 Å². The number of carboxylic acids is 1. The smallest absolute Gasteiger partial charge is 0.550 e. The number of allylic oxidation sites excluding steroid dienone is 2. The maximum absolute atomic E-state index is 11.7. The molecule has 0 aromatic heterocycles. The SMILES string of the molecule is CCCCCCCC/C=C\CCCCCCCC(=O)CCOC(=O)CCC(=O)[O-].[Na+]. The summed E-state index contributed by atoms with van der Waals surface area (Å²) in [6.45, 7) is 2.29. The average Bonchev–Trinajstić information content (AvgIpc) is 2.69. The Balaban J connectivity index is 0. The van der Waals surface area contributed by atoms with E-state index >= 15 is 0 Å². The predicted molar refractivity (Wildman–Crippen MR) is 114 cm³/mol. The molecule has 0 spiro atoms. The molecule has 5 nitrogen and oxygen atoms in total. The Kier molecular flexibility index (Phi) is 25.9. The second-order valence-electron chi connectivity index (χ2n) is 7.72. The third-order valence-electron chi connectivity index (χ3n) is 4.89. The van der Waals surface area contributed by atoms with Crippen molar-refractivity contribution in [2.24, 2.45) is 0 Å². The molecule has 30 heavy (non-hydrogen) atoms. The van der Waals surface area contributed by atoms with Gasteiger partial charge in [-0.15, -0.1) is 0 Å². The van der Waals surface area contributed by atoms with Crippen LogP contribution in [0.15, 0.2) is 12.2 Å². The molecule has 0 aliphatic heterocycles. The Labute approximate surface area is 205 Å². The van der Waals surface area contributed by atoms with Gasteiger partial charge in [-0.05, 0) is 38.5 Å². The predicted octanol–water partition coefficient (Wildman–Crippen LogP) is 2.06. The summed E-state index contributed by atoms with van der Waals surface area (Å²) in [5, 5.41) is 10.2. The molecular formula is C24H41NaO5. The number of rotatable bonds is 21. The number of aliphatic carboxylic acids is 1. The molecule has 0 aliphatic carbocycles. The van der Waals surface area contributed by atoms with Crippen LogP contribution in [0.4, 0.5) is 0 Å². The molecule has 0 unspecified atom stereocenters. The first-order chi connectivity index (χ1) is 14.1. The second-order valence-corrected chi connectivity index (χ2v) is 7.72. The minimum absolute atomic E-state index is 0. The molecule has 0 aromatic rings. The van der Waals surface area contributed by atoms with Crippen molar-refractivity contribution >= 4 is 17.7 Å². The number of esters is 1. The second kappa shape index (κ2) is 24.6. The van der Waals surface area contributed by atoms with Gasteiger partial charge in [-0.1, -0.05) is 70.4 Å². The number of ether oxygens (including phenoxy) is 1. The molecule has 0 N–H and O–H groups in total. The van der Waals surface area contributed by atoms with Crippen LogP contribution in [0, 0.1) is 0 Å². The number of Topliss-reactive ketones (excluding diaryl/α,β-unsaturated/α-hetero) is 1. The van der Waals surface area contributed by atoms with Gasteiger partial charge in [0.15, 0.2) is 0 Å². The minimum atomic E-state index is -1.28. The minimum Gasteiger partial charge on any atom is -0.550 e. The quantitative estimate of drug-likeness (QED) is 0.120. The fraction of sp³-hybridized carbons (Fsp3) is 0.792. The topological polar surface area (TPSA) is 83.5 Å². The molecule has 0 fully saturated rings. The molecular weight excluding hydrogens is 391 g/mol. The molecule has 0 aliphatic rings. The van der Waals surface area contributed by atoms with Crippen LogP contribution in [-0.2, 0) is 19.1 Å². The van der Waals surface area contributed by atoms with E-state index in [0.717, 1.165) is 25.7 Å². The summed E-state index contributed by atoms with van der Waals surface area (Å²) in [7, 11) is 0. The number of carbonyl (C=O) groups excluding carboxylic acids is 3. The summed E-state index contributed by atoms with van der Waals surface area (Å²) >= 11 is 0. The van der Waals surface area contributed by atoms with Gasteiger partial charge in [0.05, 0.1) is 13.0 Å². The summed E-state index contributed by atoms with van der Waals surface area (Å²) in [5.74, 6) is -1.78. The maximum atomic E-state index is 11.7. The van der Waals surface area contributed by atoms with E-state index < -0.39 is 11.9 Å². The molecule has 0 amide bonds. The summed E-state index contributed by atoms with van der Waals surface area (Å²) < 4.78 is 4.83. The van der Waals surface area contributed by atoms with Crippen molar-refractivity contribution in [3.63, 3.8) is 0 Å². The fourth-order valence-electron chi connectivity index (χ4n) is 3.07. The van der Waals surface area contributed by atoms with Gasteiger partial charge in [0.25, 0.3) is 0 Å². The Hall–Kier alpha value is -0.650. The zero-order chi connectivity index (χ0) is 21.6. The zero-order valence-corrected chi connectivity index (χ0v) is 21.4. The van der Waals surface area contributed by atoms with E-state index in [1.165, 1.54) is 57.8 Å². The Bertz CT molecular complexity index is 463. The van der Waals surface area contributed by atoms with E-state index in [1.807, 2.05) is 0 Å². The van der Waals surface area contributed by atoms with Crippen molar-refractivity contribution in [3.8, 4) is 0 Å². The summed E-state index contributed by atoms with van der Waals surface area (Å²) in [6.07, 6.45) is 20.8. The average molecular weight is 433 g/mol. The third-order valence-corrected chi connectivity index (χ3v) is 4.89. The first kappa shape index (κ1) is 31.5. The summed E-state index contributed by atoms with van der Waals surface area (Å²) in [5.41, 5.74) is 0. The van der Waals surface area contributed by atoms with Gasteiger partial charge in [0.2, 0.25) is 0 Å². The van der Waals surface area contributed by atoms with Crippen LogP contribution in [0.2, 0.25) is 0 Å². The van der Waals surface area contributed by atoms with Gasteiger partial charge < -0.3 is 14.6 Å². The Morgan fingerprint density at radius 2 is 1.23 bits per heavy atom. The van der Waals surface area contributed by atoms with Crippen molar-refractivity contribution in [3.05, 3.63) is 12.2 Å². The van der Waals surface area contributed by atoms with Crippen LogP contribution in [-0.4, -0.2) is 24.3 Å². The standard InChI is InChI=1S/C24H42O5.Na/c1-2-3-4-5-6-7-8-9-10-11-12-13-14-15-16-17-22(25)20-21-29-24(28)19-18-23(26)27;/h9-10H,2-8,11-21H2,1H3,(H,26,27);/q;+1/p-1/b10-9-;. The van der Waals surface area contributed by atoms with Gasteiger partial charge >= 0.3 is 35.5 Å². The van der Waals surface area contributed by atoms with Crippen molar-refractivity contribution in [1.29, 1.82) is 0 Å². The van der Waals surface area contributed by atoms with Gasteiger partial charge in [-0.25, -0.2) is 0 Å². The number of hydrogen-bond acceptors (Lipinski definition) is 5. The van der Waals surface area contributed by atoms with Crippen molar-refractivity contribution in [2.75, 3.05) is 6.61 Å². The number of unbranched alkanes of at least 4 members (excludes halogenated alkanes) is 11. The third kappa shape index (κ3) is 25.4. The molecule has 0 aromatic carbocycles. The van der Waals surface area contributed by atoms with Gasteiger partial charge in [-0.3, -0.25) is 9.59 Å². The normalized spacial score (nSPS) is 10.7. The van der Waals surface area contributed by atoms with Crippen LogP contribution >= 0.6 is 0 Å². The van der Waals surface area contributed by atoms with Crippen LogP contribution in [0.1, 0.15) is 116 Å². The summed E-state index contributed by atoms with van der Waals surface area (Å²) in [6, 6.07) is 0. The molecule has 0 saturated carbocycles. The van der Waals surface area contributed by atoms with Crippen LogP contribution in [0.25, 0.3) is 0 Å². The first-order valence-corrected chi connectivity index (χ1v) is 11.6. The number of ketones is 1. The van der Waals surface area contributed by atoms with E-state index in [2.05, 4.69) is 19.1 Å².